The van der Waals surface area contributed by atoms with E-state index >= 15 is 0 Å². The summed E-state index contributed by atoms with van der Waals surface area (Å²) in [5.74, 6) is 1.79. The molecule has 114 valence electrons. The summed E-state index contributed by atoms with van der Waals surface area (Å²) >= 11 is 0.917. The fraction of sp³-hybridized carbons (Fsp3) is 0.500. The Bertz CT molecular complexity index is 654. The Labute approximate surface area is 127 Å². The molecule has 2 heterocycles. The van der Waals surface area contributed by atoms with E-state index in [9.17, 15) is 13.2 Å². The predicted octanol–water partition coefficient (Wildman–Crippen LogP) is -0.131. The molecule has 0 unspecified atom stereocenters. The van der Waals surface area contributed by atoms with Crippen molar-refractivity contribution in [3.05, 3.63) is 11.2 Å². The molecule has 1 aromatic rings. The van der Waals surface area contributed by atoms with Gasteiger partial charge < -0.3 is 4.74 Å². The minimum absolute atomic E-state index is 0.0697. The first-order valence-corrected chi connectivity index (χ1v) is 8.50. The van der Waals surface area contributed by atoms with Crippen molar-refractivity contribution in [2.75, 3.05) is 39.8 Å². The molecule has 1 saturated heterocycles. The number of ether oxygens (including phenoxy) is 1. The Morgan fingerprint density at radius 1 is 1.48 bits per heavy atom. The van der Waals surface area contributed by atoms with Crippen LogP contribution in [0.3, 0.4) is 0 Å². The zero-order chi connectivity index (χ0) is 15.5. The molecule has 21 heavy (non-hydrogen) atoms. The number of nitrogens with zero attached hydrogens (tertiary/aromatic N) is 3. The maximum Gasteiger partial charge on any atom is 0.358 e. The fourth-order valence-electron chi connectivity index (χ4n) is 2.03. The summed E-state index contributed by atoms with van der Waals surface area (Å²) in [6.45, 7) is 2.30. The van der Waals surface area contributed by atoms with Crippen molar-refractivity contribution < 1.29 is 17.9 Å². The normalized spacial score (nSPS) is 17.3. The van der Waals surface area contributed by atoms with Crippen LogP contribution in [-0.4, -0.2) is 68.4 Å². The van der Waals surface area contributed by atoms with Crippen molar-refractivity contribution in [2.45, 2.75) is 4.21 Å². The number of carbonyl (C=O) groups excluding carboxylic acids is 1. The molecular weight excluding hydrogens is 314 g/mol. The Morgan fingerprint density at radius 2 is 2.14 bits per heavy atom. The van der Waals surface area contributed by atoms with E-state index in [2.05, 4.69) is 15.6 Å². The zero-order valence-electron chi connectivity index (χ0n) is 11.5. The van der Waals surface area contributed by atoms with Crippen LogP contribution in [0.4, 0.5) is 0 Å². The van der Waals surface area contributed by atoms with E-state index in [0.29, 0.717) is 32.7 Å². The first-order chi connectivity index (χ1) is 10.0. The maximum atomic E-state index is 12.6. The Kier molecular flexibility index (Phi) is 4.95. The van der Waals surface area contributed by atoms with Crippen molar-refractivity contribution >= 4 is 27.3 Å². The first kappa shape index (κ1) is 15.9. The number of thiazole rings is 1. The molecule has 1 aromatic heterocycles. The summed E-state index contributed by atoms with van der Waals surface area (Å²) in [5, 5.41) is 0. The standard InChI is InChI=1S/C12H15N3O4S2/c1-3-4-14-5-7-15(8-6-14)21(17,18)12-10(11(16)19-2)13-9-20-12/h1,9H,4-8H2,2H3. The van der Waals surface area contributed by atoms with Crippen LogP contribution in [0.1, 0.15) is 10.5 Å². The zero-order valence-corrected chi connectivity index (χ0v) is 13.1. The third-order valence-corrected chi connectivity index (χ3v) is 6.38. The minimum Gasteiger partial charge on any atom is -0.464 e. The van der Waals surface area contributed by atoms with Crippen LogP contribution in [0.25, 0.3) is 0 Å². The molecule has 9 heteroatoms. The minimum atomic E-state index is -3.73. The van der Waals surface area contributed by atoms with Gasteiger partial charge in [-0.15, -0.1) is 17.8 Å². The highest BCUT2D eigenvalue weighted by Crippen LogP contribution is 2.25. The second kappa shape index (κ2) is 6.53. The van der Waals surface area contributed by atoms with Gasteiger partial charge in [-0.25, -0.2) is 18.2 Å². The van der Waals surface area contributed by atoms with Gasteiger partial charge in [0.25, 0.3) is 10.0 Å². The lowest BCUT2D eigenvalue weighted by molar-refractivity contribution is 0.0590. The van der Waals surface area contributed by atoms with Crippen molar-refractivity contribution in [1.82, 2.24) is 14.2 Å². The van der Waals surface area contributed by atoms with Crippen LogP contribution in [0.2, 0.25) is 0 Å². The molecule has 7 nitrogen and oxygen atoms in total. The molecule has 1 aliphatic rings. The van der Waals surface area contributed by atoms with Gasteiger partial charge in [0.2, 0.25) is 0 Å². The molecule has 0 saturated carbocycles. The van der Waals surface area contributed by atoms with Crippen LogP contribution >= 0.6 is 11.3 Å². The van der Waals surface area contributed by atoms with E-state index in [1.807, 2.05) is 4.90 Å². The van der Waals surface area contributed by atoms with Crippen molar-refractivity contribution in [1.29, 1.82) is 0 Å². The van der Waals surface area contributed by atoms with Gasteiger partial charge in [0, 0.05) is 26.2 Å². The summed E-state index contributed by atoms with van der Waals surface area (Å²) in [6, 6.07) is 0. The van der Waals surface area contributed by atoms with Gasteiger partial charge in [0.05, 0.1) is 19.2 Å². The lowest BCUT2D eigenvalue weighted by Crippen LogP contribution is -2.48. The molecule has 0 aliphatic carbocycles. The summed E-state index contributed by atoms with van der Waals surface area (Å²) in [6.07, 6.45) is 5.24. The van der Waals surface area contributed by atoms with E-state index in [0.717, 1.165) is 11.3 Å². The van der Waals surface area contributed by atoms with E-state index in [4.69, 9.17) is 6.42 Å². The average molecular weight is 329 g/mol. The van der Waals surface area contributed by atoms with Gasteiger partial charge in [-0.1, -0.05) is 5.92 Å². The molecule has 0 N–H and O–H groups in total. The Balaban J connectivity index is 2.19. The molecule has 0 spiro atoms. The second-order valence-corrected chi connectivity index (χ2v) is 7.35. The lowest BCUT2D eigenvalue weighted by Gasteiger charge is -2.32. The number of hydrogen-bond acceptors (Lipinski definition) is 7. The number of piperazine rings is 1. The highest BCUT2D eigenvalue weighted by Gasteiger charge is 2.33. The molecule has 0 bridgehead atoms. The number of esters is 1. The quantitative estimate of drug-likeness (QED) is 0.565. The Morgan fingerprint density at radius 3 is 2.71 bits per heavy atom. The number of hydrogen-bond donors (Lipinski definition) is 0. The summed E-state index contributed by atoms with van der Waals surface area (Å²) in [4.78, 5) is 17.4. The van der Waals surface area contributed by atoms with E-state index in [1.165, 1.54) is 16.9 Å². The van der Waals surface area contributed by atoms with Gasteiger partial charge in [-0.2, -0.15) is 4.31 Å². The van der Waals surface area contributed by atoms with Gasteiger partial charge in [-0.05, 0) is 0 Å². The third kappa shape index (κ3) is 3.24. The van der Waals surface area contributed by atoms with Crippen molar-refractivity contribution in [2.24, 2.45) is 0 Å². The lowest BCUT2D eigenvalue weighted by atomic mass is 10.4. The van der Waals surface area contributed by atoms with Gasteiger partial charge in [0.15, 0.2) is 9.90 Å². The van der Waals surface area contributed by atoms with Crippen LogP contribution < -0.4 is 0 Å². The number of terminal acetylenes is 1. The van der Waals surface area contributed by atoms with E-state index in [1.54, 1.807) is 0 Å². The number of sulfonamides is 1. The molecule has 1 fully saturated rings. The largest absolute Gasteiger partial charge is 0.464 e. The Hall–Kier alpha value is -1.47. The highest BCUT2D eigenvalue weighted by molar-refractivity contribution is 7.91. The number of methoxy groups -OCH3 is 1. The summed E-state index contributed by atoms with van der Waals surface area (Å²) in [7, 11) is -2.54. The van der Waals surface area contributed by atoms with Crippen LogP contribution in [0, 0.1) is 12.3 Å². The SMILES string of the molecule is C#CCN1CCN(S(=O)(=O)c2scnc2C(=O)OC)CC1. The van der Waals surface area contributed by atoms with Crippen molar-refractivity contribution in [3.63, 3.8) is 0 Å². The third-order valence-electron chi connectivity index (χ3n) is 3.13. The molecule has 0 radical (unpaired) electrons. The summed E-state index contributed by atoms with van der Waals surface area (Å²) < 4.78 is 31.0. The average Bonchev–Trinajstić information content (AvgIpc) is 2.97. The van der Waals surface area contributed by atoms with Crippen molar-refractivity contribution in [3.8, 4) is 12.3 Å². The molecule has 1 aliphatic heterocycles. The van der Waals surface area contributed by atoms with Gasteiger partial charge in [-0.3, -0.25) is 4.90 Å². The summed E-state index contributed by atoms with van der Waals surface area (Å²) in [5.41, 5.74) is 1.17. The molecule has 0 amide bonds. The highest BCUT2D eigenvalue weighted by atomic mass is 32.2. The maximum absolute atomic E-state index is 12.6. The molecule has 2 rings (SSSR count). The van der Waals surface area contributed by atoms with Crippen LogP contribution in [0.15, 0.2) is 9.72 Å². The molecular formula is C12H15N3O4S2. The predicted molar refractivity (Wildman–Crippen MR) is 77.5 cm³/mol. The monoisotopic (exact) mass is 329 g/mol. The fourth-order valence-corrected chi connectivity index (χ4v) is 4.72. The molecule has 0 atom stereocenters. The molecule has 0 aromatic carbocycles. The topological polar surface area (TPSA) is 79.8 Å². The smallest absolute Gasteiger partial charge is 0.358 e. The number of rotatable bonds is 4. The number of carbonyl (C=O) groups is 1. The van der Waals surface area contributed by atoms with Gasteiger partial charge >= 0.3 is 5.97 Å². The van der Waals surface area contributed by atoms with Gasteiger partial charge in [0.1, 0.15) is 0 Å². The first-order valence-electron chi connectivity index (χ1n) is 6.18. The van der Waals surface area contributed by atoms with Crippen LogP contribution in [0.5, 0.6) is 0 Å². The second-order valence-electron chi connectivity index (χ2n) is 4.36. The van der Waals surface area contributed by atoms with E-state index in [-0.39, 0.29) is 9.90 Å². The van der Waals surface area contributed by atoms with Crippen LogP contribution in [-0.2, 0) is 14.8 Å². The van der Waals surface area contributed by atoms with E-state index < -0.39 is 16.0 Å². The number of aromatic nitrogens is 1.